The minimum atomic E-state index is -4.49. The molecule has 1 atom stereocenters. The van der Waals surface area contributed by atoms with Crippen LogP contribution in [0.1, 0.15) is 34.4 Å². The lowest BCUT2D eigenvalue weighted by Gasteiger charge is -2.17. The lowest BCUT2D eigenvalue weighted by Crippen LogP contribution is -2.19. The van der Waals surface area contributed by atoms with Gasteiger partial charge in [-0.25, -0.2) is 13.4 Å². The molecule has 1 aromatic heterocycles. The molecule has 0 fully saturated rings. The van der Waals surface area contributed by atoms with E-state index in [0.29, 0.717) is 11.1 Å². The van der Waals surface area contributed by atoms with Gasteiger partial charge in [0.2, 0.25) is 0 Å². The van der Waals surface area contributed by atoms with Crippen LogP contribution in [0.15, 0.2) is 53.6 Å². The maximum absolute atomic E-state index is 12.4. The zero-order valence-electron chi connectivity index (χ0n) is 19.7. The first-order chi connectivity index (χ1) is 17.3. The van der Waals surface area contributed by atoms with E-state index in [-0.39, 0.29) is 44.3 Å². The molecule has 37 heavy (non-hydrogen) atoms. The summed E-state index contributed by atoms with van der Waals surface area (Å²) in [6.45, 7) is 0.402. The zero-order chi connectivity index (χ0) is 27.4. The lowest BCUT2D eigenvalue weighted by molar-refractivity contribution is -0.153. The van der Waals surface area contributed by atoms with E-state index in [0.717, 1.165) is 11.8 Å². The van der Waals surface area contributed by atoms with Gasteiger partial charge in [-0.2, -0.15) is 23.7 Å². The van der Waals surface area contributed by atoms with Crippen LogP contribution in [0.5, 0.6) is 5.75 Å². The Hall–Kier alpha value is -3.74. The van der Waals surface area contributed by atoms with Gasteiger partial charge in [-0.3, -0.25) is 0 Å². The molecule has 2 N–H and O–H groups in total. The highest BCUT2D eigenvalue weighted by Gasteiger charge is 2.28. The largest absolute Gasteiger partial charge is 0.484 e. The number of nitrogens with zero attached hydrogens (tertiary/aromatic N) is 3. The number of hydrogen-bond donors (Lipinski definition) is 1. The number of rotatable bonds is 8. The molecule has 3 rings (SSSR count). The van der Waals surface area contributed by atoms with Crippen molar-refractivity contribution in [2.75, 3.05) is 18.6 Å². The summed E-state index contributed by atoms with van der Waals surface area (Å²) in [4.78, 5) is 4.27. The van der Waals surface area contributed by atoms with Gasteiger partial charge in [0.15, 0.2) is 16.4 Å². The SMILES string of the molecule is CC(Sc1nc(N)c(C#N)c(-c2ccc(OCC(F)(F)F)cc2)c1C#N)c1cccc(CS(C)(=O)=O)c1. The maximum atomic E-state index is 12.4. The highest BCUT2D eigenvalue weighted by molar-refractivity contribution is 7.99. The number of aromatic nitrogens is 1. The molecule has 3 aromatic rings. The van der Waals surface area contributed by atoms with Crippen LogP contribution in [0, 0.1) is 22.7 Å². The van der Waals surface area contributed by atoms with Gasteiger partial charge >= 0.3 is 6.18 Å². The third-order valence-electron chi connectivity index (χ3n) is 5.10. The number of thioether (sulfide) groups is 1. The Morgan fingerprint density at radius 1 is 1.11 bits per heavy atom. The summed E-state index contributed by atoms with van der Waals surface area (Å²) in [7, 11) is -3.23. The summed E-state index contributed by atoms with van der Waals surface area (Å²) in [5.41, 5.74) is 8.11. The van der Waals surface area contributed by atoms with Crippen molar-refractivity contribution in [1.82, 2.24) is 4.98 Å². The highest BCUT2D eigenvalue weighted by Crippen LogP contribution is 2.41. The fourth-order valence-electron chi connectivity index (χ4n) is 3.53. The first kappa shape index (κ1) is 27.8. The van der Waals surface area contributed by atoms with Crippen LogP contribution in [-0.2, 0) is 15.6 Å². The van der Waals surface area contributed by atoms with Crippen LogP contribution in [0.4, 0.5) is 19.0 Å². The van der Waals surface area contributed by atoms with Crippen molar-refractivity contribution >= 4 is 27.4 Å². The van der Waals surface area contributed by atoms with Gasteiger partial charge in [0.1, 0.15) is 34.3 Å². The predicted molar refractivity (Wildman–Crippen MR) is 134 cm³/mol. The molecular weight excluding hydrogens is 525 g/mol. The molecule has 0 saturated heterocycles. The molecule has 12 heteroatoms. The zero-order valence-corrected chi connectivity index (χ0v) is 21.3. The van der Waals surface area contributed by atoms with E-state index in [1.807, 2.05) is 19.1 Å². The van der Waals surface area contributed by atoms with Crippen molar-refractivity contribution in [3.63, 3.8) is 0 Å². The molecule has 1 heterocycles. The van der Waals surface area contributed by atoms with Gasteiger partial charge in [0.05, 0.1) is 11.3 Å². The fourth-order valence-corrected chi connectivity index (χ4v) is 5.35. The number of sulfone groups is 1. The number of anilines is 1. The quantitative estimate of drug-likeness (QED) is 0.371. The third kappa shape index (κ3) is 7.38. The topological polar surface area (TPSA) is 130 Å². The van der Waals surface area contributed by atoms with Crippen molar-refractivity contribution in [2.45, 2.75) is 29.1 Å². The molecule has 0 aliphatic heterocycles. The first-order valence-corrected chi connectivity index (χ1v) is 13.6. The van der Waals surface area contributed by atoms with Gasteiger partial charge in [-0.1, -0.05) is 48.2 Å². The van der Waals surface area contributed by atoms with E-state index >= 15 is 0 Å². The van der Waals surface area contributed by atoms with Gasteiger partial charge in [0, 0.05) is 17.1 Å². The van der Waals surface area contributed by atoms with E-state index < -0.39 is 22.6 Å². The number of nitriles is 2. The Balaban J connectivity index is 1.99. The monoisotopic (exact) mass is 546 g/mol. The molecule has 0 aliphatic rings. The minimum absolute atomic E-state index is 0.0303. The molecular formula is C25H21F3N4O3S2. The summed E-state index contributed by atoms with van der Waals surface area (Å²) in [5.74, 6) is -0.247. The standard InChI is InChI=1S/C25H21F3N4O3S2/c1-15(18-5-3-4-16(10-18)13-37(2,33)34)36-24-21(12-30)22(20(11-29)23(31)32-24)17-6-8-19(9-7-17)35-14-25(26,27)28/h3-10,15H,13-14H2,1-2H3,(H2,31,32). The number of halogens is 3. The smallest absolute Gasteiger partial charge is 0.422 e. The van der Waals surface area contributed by atoms with E-state index in [2.05, 4.69) is 11.1 Å². The van der Waals surface area contributed by atoms with E-state index in [4.69, 9.17) is 10.5 Å². The highest BCUT2D eigenvalue weighted by atomic mass is 32.2. The fraction of sp³-hybridized carbons (Fsp3) is 0.240. The van der Waals surface area contributed by atoms with Gasteiger partial charge in [-0.05, 0) is 35.7 Å². The normalized spacial score (nSPS) is 12.4. The van der Waals surface area contributed by atoms with Crippen molar-refractivity contribution in [3.8, 4) is 29.0 Å². The van der Waals surface area contributed by atoms with Crippen LogP contribution >= 0.6 is 11.8 Å². The summed E-state index contributed by atoms with van der Waals surface area (Å²) in [6.07, 6.45) is -3.34. The number of pyridine rings is 1. The number of nitrogen functional groups attached to an aromatic ring is 1. The second kappa shape index (κ2) is 11.1. The average molecular weight is 547 g/mol. The van der Waals surface area contributed by atoms with E-state index in [1.165, 1.54) is 36.0 Å². The molecule has 2 aromatic carbocycles. The van der Waals surface area contributed by atoms with Crippen LogP contribution in [0.2, 0.25) is 0 Å². The minimum Gasteiger partial charge on any atom is -0.484 e. The van der Waals surface area contributed by atoms with E-state index in [1.54, 1.807) is 18.2 Å². The van der Waals surface area contributed by atoms with Crippen molar-refractivity contribution in [3.05, 3.63) is 70.8 Å². The maximum Gasteiger partial charge on any atom is 0.422 e. The second-order valence-corrected chi connectivity index (χ2v) is 11.6. The summed E-state index contributed by atoms with van der Waals surface area (Å²) in [5, 5.41) is 19.7. The Morgan fingerprint density at radius 2 is 1.76 bits per heavy atom. The molecule has 192 valence electrons. The van der Waals surface area contributed by atoms with Crippen molar-refractivity contribution < 1.29 is 26.3 Å². The second-order valence-electron chi connectivity index (χ2n) is 8.15. The number of nitrogens with two attached hydrogens (primary N) is 1. The predicted octanol–water partition coefficient (Wildman–Crippen LogP) is 5.41. The number of alkyl halides is 3. The van der Waals surface area contributed by atoms with Gasteiger partial charge in [-0.15, -0.1) is 0 Å². The van der Waals surface area contributed by atoms with Crippen LogP contribution in [-0.4, -0.2) is 32.4 Å². The average Bonchev–Trinajstić information content (AvgIpc) is 2.81. The van der Waals surface area contributed by atoms with Crippen molar-refractivity contribution in [1.29, 1.82) is 10.5 Å². The Kier molecular flexibility index (Phi) is 8.36. The Morgan fingerprint density at radius 3 is 2.32 bits per heavy atom. The molecule has 1 unspecified atom stereocenters. The molecule has 0 spiro atoms. The molecule has 0 radical (unpaired) electrons. The first-order valence-electron chi connectivity index (χ1n) is 10.7. The number of ether oxygens (including phenoxy) is 1. The van der Waals surface area contributed by atoms with Crippen LogP contribution in [0.3, 0.4) is 0 Å². The lowest BCUT2D eigenvalue weighted by atomic mass is 9.97. The molecule has 0 aliphatic carbocycles. The Labute approximate surface area is 216 Å². The van der Waals surface area contributed by atoms with E-state index in [9.17, 15) is 32.1 Å². The Bertz CT molecular complexity index is 1490. The summed E-state index contributed by atoms with van der Waals surface area (Å²) >= 11 is 1.21. The number of benzene rings is 2. The summed E-state index contributed by atoms with van der Waals surface area (Å²) in [6, 6.07) is 16.6. The van der Waals surface area contributed by atoms with Crippen molar-refractivity contribution in [2.24, 2.45) is 0 Å². The molecule has 0 saturated carbocycles. The van der Waals surface area contributed by atoms with Crippen LogP contribution in [0.25, 0.3) is 11.1 Å². The van der Waals surface area contributed by atoms with Gasteiger partial charge in [0.25, 0.3) is 0 Å². The molecule has 0 amide bonds. The van der Waals surface area contributed by atoms with Gasteiger partial charge < -0.3 is 10.5 Å². The molecule has 0 bridgehead atoms. The van der Waals surface area contributed by atoms with Crippen LogP contribution < -0.4 is 10.5 Å². The third-order valence-corrected chi connectivity index (χ3v) is 7.10. The number of hydrogen-bond acceptors (Lipinski definition) is 8. The molecule has 7 nitrogen and oxygen atoms in total. The summed E-state index contributed by atoms with van der Waals surface area (Å²) < 4.78 is 65.4.